The van der Waals surface area contributed by atoms with Crippen molar-refractivity contribution in [1.29, 1.82) is 0 Å². The van der Waals surface area contributed by atoms with Gasteiger partial charge in [-0.15, -0.1) is 0 Å². The van der Waals surface area contributed by atoms with Gasteiger partial charge in [-0.1, -0.05) is 29.8 Å². The molecule has 1 aromatic rings. The third-order valence-corrected chi connectivity index (χ3v) is 4.14. The summed E-state index contributed by atoms with van der Waals surface area (Å²) in [5, 5.41) is 3.65. The summed E-state index contributed by atoms with van der Waals surface area (Å²) in [7, 11) is 0. The maximum Gasteiger partial charge on any atom is 0.410 e. The molecule has 1 N–H and O–H groups in total. The minimum atomic E-state index is -0.438. The molecule has 4 heteroatoms. The largest absolute Gasteiger partial charge is 0.444 e. The lowest BCUT2D eigenvalue weighted by Crippen LogP contribution is -2.49. The summed E-state index contributed by atoms with van der Waals surface area (Å²) < 4.78 is 5.49. The molecule has 1 fully saturated rings. The molecule has 1 saturated heterocycles. The number of rotatable bonds is 3. The molecule has 1 aromatic carbocycles. The van der Waals surface area contributed by atoms with Crippen molar-refractivity contribution in [3.8, 4) is 0 Å². The monoisotopic (exact) mass is 318 g/mol. The van der Waals surface area contributed by atoms with Crippen molar-refractivity contribution in [1.82, 2.24) is 10.2 Å². The fraction of sp³-hybridized carbons (Fsp3) is 0.632. The number of nitrogens with zero attached hydrogens (tertiary/aromatic N) is 1. The lowest BCUT2D eigenvalue weighted by Gasteiger charge is -2.35. The molecule has 0 aromatic heterocycles. The minimum Gasteiger partial charge on any atom is -0.444 e. The van der Waals surface area contributed by atoms with Crippen LogP contribution in [0.4, 0.5) is 4.79 Å². The molecule has 2 atom stereocenters. The van der Waals surface area contributed by atoms with E-state index in [4.69, 9.17) is 4.74 Å². The molecule has 1 aliphatic rings. The number of carbonyl (C=O) groups is 1. The van der Waals surface area contributed by atoms with Crippen LogP contribution in [0.5, 0.6) is 0 Å². The maximum atomic E-state index is 12.2. The highest BCUT2D eigenvalue weighted by Crippen LogP contribution is 2.19. The van der Waals surface area contributed by atoms with Crippen LogP contribution in [0.3, 0.4) is 0 Å². The van der Waals surface area contributed by atoms with Gasteiger partial charge in [0.1, 0.15) is 5.60 Å². The second kappa shape index (κ2) is 7.35. The van der Waals surface area contributed by atoms with Crippen LogP contribution in [0, 0.1) is 6.92 Å². The van der Waals surface area contributed by atoms with E-state index in [0.717, 1.165) is 19.4 Å². The first-order chi connectivity index (χ1) is 10.7. The van der Waals surface area contributed by atoms with E-state index in [1.165, 1.54) is 11.1 Å². The third kappa shape index (κ3) is 5.54. The van der Waals surface area contributed by atoms with Crippen LogP contribution in [-0.4, -0.2) is 35.7 Å². The molecule has 1 aliphatic heterocycles. The van der Waals surface area contributed by atoms with Crippen molar-refractivity contribution in [2.75, 3.05) is 13.1 Å². The predicted molar refractivity (Wildman–Crippen MR) is 93.6 cm³/mol. The molecule has 1 heterocycles. The number of nitrogens with one attached hydrogen (secondary N) is 1. The smallest absolute Gasteiger partial charge is 0.410 e. The number of likely N-dealkylation sites (tertiary alicyclic amines) is 1. The number of piperidine rings is 1. The number of hydrogen-bond donors (Lipinski definition) is 1. The molecule has 2 rings (SSSR count). The van der Waals surface area contributed by atoms with Crippen LogP contribution in [0.25, 0.3) is 0 Å². The molecule has 0 spiro atoms. The Morgan fingerprint density at radius 2 is 1.96 bits per heavy atom. The van der Waals surface area contributed by atoms with Gasteiger partial charge in [-0.05, 0) is 53.0 Å². The number of benzene rings is 1. The Balaban J connectivity index is 1.90. The molecule has 0 saturated carbocycles. The maximum absolute atomic E-state index is 12.2. The zero-order valence-electron chi connectivity index (χ0n) is 15.1. The number of amides is 1. The van der Waals surface area contributed by atoms with Gasteiger partial charge in [0.15, 0.2) is 0 Å². The van der Waals surface area contributed by atoms with Gasteiger partial charge in [0, 0.05) is 25.2 Å². The number of carbonyl (C=O) groups excluding carboxylic acids is 1. The van der Waals surface area contributed by atoms with E-state index < -0.39 is 5.60 Å². The zero-order valence-corrected chi connectivity index (χ0v) is 15.1. The summed E-state index contributed by atoms with van der Waals surface area (Å²) in [5.41, 5.74) is 2.12. The Labute approximate surface area is 140 Å². The Morgan fingerprint density at radius 3 is 2.57 bits per heavy atom. The van der Waals surface area contributed by atoms with E-state index in [0.29, 0.717) is 12.6 Å². The predicted octanol–water partition coefficient (Wildman–Crippen LogP) is 4.05. The first-order valence-electron chi connectivity index (χ1n) is 8.55. The highest BCUT2D eigenvalue weighted by atomic mass is 16.6. The zero-order chi connectivity index (χ0) is 17.0. The highest BCUT2D eigenvalue weighted by Gasteiger charge is 2.28. The summed E-state index contributed by atoms with van der Waals surface area (Å²) in [4.78, 5) is 14.1. The van der Waals surface area contributed by atoms with Crippen LogP contribution in [-0.2, 0) is 4.74 Å². The fourth-order valence-electron chi connectivity index (χ4n) is 2.91. The Morgan fingerprint density at radius 1 is 1.30 bits per heavy atom. The molecule has 23 heavy (non-hydrogen) atoms. The molecule has 128 valence electrons. The van der Waals surface area contributed by atoms with Gasteiger partial charge >= 0.3 is 6.09 Å². The standard InChI is InChI=1S/C19H30N2O2/c1-14-8-10-16(11-9-14)15(2)20-17-7-6-12-21(13-17)18(22)23-19(3,4)5/h8-11,15,17,20H,6-7,12-13H2,1-5H3/t15-,17?/m1/s1. The molecule has 1 amide bonds. The van der Waals surface area contributed by atoms with Gasteiger partial charge < -0.3 is 15.0 Å². The molecule has 0 aliphatic carbocycles. The first-order valence-corrected chi connectivity index (χ1v) is 8.55. The van der Waals surface area contributed by atoms with Gasteiger partial charge in [0.05, 0.1) is 0 Å². The van der Waals surface area contributed by atoms with E-state index in [2.05, 4.69) is 43.4 Å². The second-order valence-electron chi connectivity index (χ2n) is 7.56. The highest BCUT2D eigenvalue weighted by molar-refractivity contribution is 5.68. The molecular formula is C19H30N2O2. The van der Waals surface area contributed by atoms with E-state index in [9.17, 15) is 4.79 Å². The average Bonchev–Trinajstić information content (AvgIpc) is 2.46. The summed E-state index contributed by atoms with van der Waals surface area (Å²) in [6.45, 7) is 11.5. The van der Waals surface area contributed by atoms with E-state index in [-0.39, 0.29) is 12.1 Å². The van der Waals surface area contributed by atoms with Gasteiger partial charge in [0.2, 0.25) is 0 Å². The van der Waals surface area contributed by atoms with Gasteiger partial charge in [0.25, 0.3) is 0 Å². The van der Waals surface area contributed by atoms with Crippen LogP contribution < -0.4 is 5.32 Å². The SMILES string of the molecule is Cc1ccc([C@@H](C)NC2CCCN(C(=O)OC(C)(C)C)C2)cc1. The van der Waals surface area contributed by atoms with Crippen molar-refractivity contribution in [2.45, 2.75) is 65.1 Å². The quantitative estimate of drug-likeness (QED) is 0.914. The Bertz CT molecular complexity index is 519. The van der Waals surface area contributed by atoms with Gasteiger partial charge in [-0.3, -0.25) is 0 Å². The first kappa shape index (κ1) is 17.8. The van der Waals surface area contributed by atoms with E-state index in [1.54, 1.807) is 0 Å². The average molecular weight is 318 g/mol. The van der Waals surface area contributed by atoms with Crippen molar-refractivity contribution < 1.29 is 9.53 Å². The Hall–Kier alpha value is -1.55. The topological polar surface area (TPSA) is 41.6 Å². The Kier molecular flexibility index (Phi) is 5.69. The molecule has 0 bridgehead atoms. The molecule has 0 radical (unpaired) electrons. The number of ether oxygens (including phenoxy) is 1. The number of hydrogen-bond acceptors (Lipinski definition) is 3. The van der Waals surface area contributed by atoms with Crippen molar-refractivity contribution in [3.05, 3.63) is 35.4 Å². The van der Waals surface area contributed by atoms with Crippen LogP contribution in [0.2, 0.25) is 0 Å². The fourth-order valence-corrected chi connectivity index (χ4v) is 2.91. The molecule has 1 unspecified atom stereocenters. The molecule has 4 nitrogen and oxygen atoms in total. The second-order valence-corrected chi connectivity index (χ2v) is 7.56. The summed E-state index contributed by atoms with van der Waals surface area (Å²) in [6.07, 6.45) is 1.90. The lowest BCUT2D eigenvalue weighted by atomic mass is 10.0. The van der Waals surface area contributed by atoms with E-state index in [1.807, 2.05) is 25.7 Å². The lowest BCUT2D eigenvalue weighted by molar-refractivity contribution is 0.0184. The van der Waals surface area contributed by atoms with Crippen LogP contribution >= 0.6 is 0 Å². The van der Waals surface area contributed by atoms with Gasteiger partial charge in [-0.2, -0.15) is 0 Å². The normalized spacial score (nSPS) is 20.2. The van der Waals surface area contributed by atoms with Gasteiger partial charge in [-0.25, -0.2) is 4.79 Å². The molecular weight excluding hydrogens is 288 g/mol. The van der Waals surface area contributed by atoms with E-state index >= 15 is 0 Å². The van der Waals surface area contributed by atoms with Crippen LogP contribution in [0.15, 0.2) is 24.3 Å². The summed E-state index contributed by atoms with van der Waals surface area (Å²) in [6, 6.07) is 9.21. The van der Waals surface area contributed by atoms with Crippen molar-refractivity contribution >= 4 is 6.09 Å². The van der Waals surface area contributed by atoms with Crippen LogP contribution in [0.1, 0.15) is 57.7 Å². The minimum absolute atomic E-state index is 0.202. The van der Waals surface area contributed by atoms with Crippen molar-refractivity contribution in [2.24, 2.45) is 0 Å². The third-order valence-electron chi connectivity index (χ3n) is 4.14. The number of aryl methyl sites for hydroxylation is 1. The summed E-state index contributed by atoms with van der Waals surface area (Å²) >= 11 is 0. The summed E-state index contributed by atoms with van der Waals surface area (Å²) in [5.74, 6) is 0. The van der Waals surface area contributed by atoms with Crippen molar-refractivity contribution in [3.63, 3.8) is 0 Å².